The Bertz CT molecular complexity index is 633. The Morgan fingerprint density at radius 1 is 1.29 bits per heavy atom. The summed E-state index contributed by atoms with van der Waals surface area (Å²) in [6.07, 6.45) is 1.95. The van der Waals surface area contributed by atoms with Gasteiger partial charge in [-0.3, -0.25) is 4.79 Å². The Balaban J connectivity index is 1.67. The molecule has 1 aromatic carbocycles. The molecule has 1 aromatic heterocycles. The number of rotatable bonds is 3. The molecule has 2 heterocycles. The second-order valence-corrected chi connectivity index (χ2v) is 5.45. The van der Waals surface area contributed by atoms with E-state index in [0.29, 0.717) is 13.0 Å². The van der Waals surface area contributed by atoms with Crippen LogP contribution in [0.2, 0.25) is 0 Å². The van der Waals surface area contributed by atoms with Gasteiger partial charge in [-0.2, -0.15) is 0 Å². The summed E-state index contributed by atoms with van der Waals surface area (Å²) in [6, 6.07) is 9.45. The number of nitrogens with one attached hydrogen (secondary N) is 3. The molecular formula is C16H19N3O2. The van der Waals surface area contributed by atoms with Crippen molar-refractivity contribution in [1.29, 1.82) is 0 Å². The first-order valence-electron chi connectivity index (χ1n) is 7.10. The third kappa shape index (κ3) is 2.99. The number of aliphatic hydroxyl groups excluding tert-OH is 1. The van der Waals surface area contributed by atoms with Gasteiger partial charge < -0.3 is 20.7 Å². The number of hydrogen-bond acceptors (Lipinski definition) is 3. The van der Waals surface area contributed by atoms with Crippen LogP contribution in [0.4, 0.5) is 5.69 Å². The quantitative estimate of drug-likeness (QED) is 0.692. The molecule has 110 valence electrons. The summed E-state index contributed by atoms with van der Waals surface area (Å²) in [5, 5.41) is 15.3. The predicted octanol–water partition coefficient (Wildman–Crippen LogP) is 1.65. The molecule has 2 atom stereocenters. The van der Waals surface area contributed by atoms with Crippen molar-refractivity contribution in [3.05, 3.63) is 42.1 Å². The van der Waals surface area contributed by atoms with E-state index in [1.807, 2.05) is 36.5 Å². The van der Waals surface area contributed by atoms with Crippen molar-refractivity contribution in [2.75, 3.05) is 11.9 Å². The zero-order chi connectivity index (χ0) is 14.8. The second kappa shape index (κ2) is 5.71. The number of H-pyrrole nitrogens is 1. The fraction of sp³-hybridized carbons (Fsp3) is 0.312. The van der Waals surface area contributed by atoms with Gasteiger partial charge in [-0.15, -0.1) is 0 Å². The Morgan fingerprint density at radius 3 is 2.62 bits per heavy atom. The van der Waals surface area contributed by atoms with Gasteiger partial charge in [0.2, 0.25) is 5.91 Å². The van der Waals surface area contributed by atoms with E-state index in [1.54, 1.807) is 0 Å². The first kappa shape index (κ1) is 13.9. The van der Waals surface area contributed by atoms with Gasteiger partial charge in [-0.1, -0.05) is 12.1 Å². The molecule has 1 amide bonds. The summed E-state index contributed by atoms with van der Waals surface area (Å²) in [4.78, 5) is 15.2. The number of hydrogen-bond donors (Lipinski definition) is 4. The number of β-amino-alcohol motifs (C(OH)–C–C–N with tert-alkyl or cyclic N) is 1. The van der Waals surface area contributed by atoms with E-state index in [1.165, 1.54) is 5.56 Å². The lowest BCUT2D eigenvalue weighted by Crippen LogP contribution is -2.35. The maximum absolute atomic E-state index is 12.0. The van der Waals surface area contributed by atoms with Gasteiger partial charge in [0.05, 0.1) is 12.1 Å². The number of aryl methyl sites for hydroxylation is 1. The highest BCUT2D eigenvalue weighted by molar-refractivity contribution is 5.95. The number of carbonyl (C=O) groups excluding carboxylic acids is 1. The number of aromatic amines is 1. The minimum Gasteiger partial charge on any atom is -0.392 e. The first-order valence-corrected chi connectivity index (χ1v) is 7.10. The SMILES string of the molecule is Cc1cc[nH]c1-c1ccc(NC(=O)C2CC(O)CN2)cc1. The van der Waals surface area contributed by atoms with Crippen molar-refractivity contribution in [2.24, 2.45) is 0 Å². The lowest BCUT2D eigenvalue weighted by atomic mass is 10.1. The van der Waals surface area contributed by atoms with Gasteiger partial charge in [0.1, 0.15) is 0 Å². The molecule has 1 saturated heterocycles. The molecule has 4 N–H and O–H groups in total. The predicted molar refractivity (Wildman–Crippen MR) is 82.0 cm³/mol. The van der Waals surface area contributed by atoms with E-state index in [2.05, 4.69) is 22.5 Å². The number of carbonyl (C=O) groups is 1. The van der Waals surface area contributed by atoms with Crippen LogP contribution in [0.25, 0.3) is 11.3 Å². The van der Waals surface area contributed by atoms with E-state index in [0.717, 1.165) is 16.9 Å². The molecule has 3 rings (SSSR count). The van der Waals surface area contributed by atoms with Gasteiger partial charge in [-0.05, 0) is 42.7 Å². The van der Waals surface area contributed by atoms with Crippen LogP contribution in [-0.4, -0.2) is 34.7 Å². The van der Waals surface area contributed by atoms with Gasteiger partial charge in [-0.25, -0.2) is 0 Å². The Hall–Kier alpha value is -2.11. The lowest BCUT2D eigenvalue weighted by molar-refractivity contribution is -0.117. The fourth-order valence-electron chi connectivity index (χ4n) is 2.62. The summed E-state index contributed by atoms with van der Waals surface area (Å²) in [6.45, 7) is 2.53. The third-order valence-electron chi connectivity index (χ3n) is 3.82. The molecule has 0 spiro atoms. The normalized spacial score (nSPS) is 21.4. The van der Waals surface area contributed by atoms with Crippen LogP contribution in [-0.2, 0) is 4.79 Å². The smallest absolute Gasteiger partial charge is 0.241 e. The standard InChI is InChI=1S/C16H19N3O2/c1-10-6-7-17-15(10)11-2-4-12(5-3-11)19-16(21)14-8-13(20)9-18-14/h2-7,13-14,17-18,20H,8-9H2,1H3,(H,19,21). The molecule has 2 aromatic rings. The topological polar surface area (TPSA) is 77.2 Å². The minimum absolute atomic E-state index is 0.102. The monoisotopic (exact) mass is 285 g/mol. The highest BCUT2D eigenvalue weighted by atomic mass is 16.3. The van der Waals surface area contributed by atoms with Crippen LogP contribution < -0.4 is 10.6 Å². The zero-order valence-electron chi connectivity index (χ0n) is 11.9. The molecule has 1 fully saturated rings. The van der Waals surface area contributed by atoms with Crippen LogP contribution in [0.15, 0.2) is 36.5 Å². The molecule has 0 aliphatic carbocycles. The van der Waals surface area contributed by atoms with Gasteiger partial charge in [0.25, 0.3) is 0 Å². The zero-order valence-corrected chi connectivity index (χ0v) is 11.9. The van der Waals surface area contributed by atoms with Crippen LogP contribution in [0.3, 0.4) is 0 Å². The number of amides is 1. The van der Waals surface area contributed by atoms with Crippen molar-refractivity contribution < 1.29 is 9.90 Å². The largest absolute Gasteiger partial charge is 0.392 e. The van der Waals surface area contributed by atoms with Crippen LogP contribution in [0.5, 0.6) is 0 Å². The highest BCUT2D eigenvalue weighted by Crippen LogP contribution is 2.23. The van der Waals surface area contributed by atoms with Gasteiger partial charge in [0.15, 0.2) is 0 Å². The van der Waals surface area contributed by atoms with Crippen molar-refractivity contribution >= 4 is 11.6 Å². The maximum atomic E-state index is 12.0. The molecular weight excluding hydrogens is 266 g/mol. The molecule has 0 bridgehead atoms. The number of benzene rings is 1. The highest BCUT2D eigenvalue weighted by Gasteiger charge is 2.27. The van der Waals surface area contributed by atoms with E-state index in [9.17, 15) is 9.90 Å². The number of anilines is 1. The average Bonchev–Trinajstić information content (AvgIpc) is 3.08. The summed E-state index contributed by atoms with van der Waals surface area (Å²) >= 11 is 0. The van der Waals surface area contributed by atoms with Crippen molar-refractivity contribution in [3.63, 3.8) is 0 Å². The third-order valence-corrected chi connectivity index (χ3v) is 3.82. The van der Waals surface area contributed by atoms with Crippen molar-refractivity contribution in [2.45, 2.75) is 25.5 Å². The molecule has 0 radical (unpaired) electrons. The van der Waals surface area contributed by atoms with Crippen LogP contribution >= 0.6 is 0 Å². The number of aliphatic hydroxyl groups is 1. The minimum atomic E-state index is -0.432. The lowest BCUT2D eigenvalue weighted by Gasteiger charge is -2.11. The Labute approximate surface area is 123 Å². The van der Waals surface area contributed by atoms with E-state index < -0.39 is 6.10 Å². The Kier molecular flexibility index (Phi) is 3.77. The average molecular weight is 285 g/mol. The summed E-state index contributed by atoms with van der Waals surface area (Å²) in [5.74, 6) is -0.102. The fourth-order valence-corrected chi connectivity index (χ4v) is 2.62. The summed E-state index contributed by atoms with van der Waals surface area (Å²) < 4.78 is 0. The molecule has 1 aliphatic rings. The van der Waals surface area contributed by atoms with Crippen LogP contribution in [0, 0.1) is 6.92 Å². The molecule has 2 unspecified atom stereocenters. The van der Waals surface area contributed by atoms with E-state index >= 15 is 0 Å². The molecule has 5 heteroatoms. The number of aromatic nitrogens is 1. The Morgan fingerprint density at radius 2 is 2.05 bits per heavy atom. The summed E-state index contributed by atoms with van der Waals surface area (Å²) in [7, 11) is 0. The molecule has 1 aliphatic heterocycles. The second-order valence-electron chi connectivity index (χ2n) is 5.45. The maximum Gasteiger partial charge on any atom is 0.241 e. The first-order chi connectivity index (χ1) is 10.1. The van der Waals surface area contributed by atoms with Gasteiger partial charge >= 0.3 is 0 Å². The van der Waals surface area contributed by atoms with Crippen molar-refractivity contribution in [3.8, 4) is 11.3 Å². The van der Waals surface area contributed by atoms with Crippen LogP contribution in [0.1, 0.15) is 12.0 Å². The molecule has 0 saturated carbocycles. The van der Waals surface area contributed by atoms with E-state index in [4.69, 9.17) is 0 Å². The van der Waals surface area contributed by atoms with Crippen molar-refractivity contribution in [1.82, 2.24) is 10.3 Å². The molecule has 5 nitrogen and oxygen atoms in total. The summed E-state index contributed by atoms with van der Waals surface area (Å²) in [5.41, 5.74) is 4.13. The molecule has 21 heavy (non-hydrogen) atoms. The van der Waals surface area contributed by atoms with E-state index in [-0.39, 0.29) is 11.9 Å². The van der Waals surface area contributed by atoms with Gasteiger partial charge in [0, 0.05) is 24.1 Å².